The van der Waals surface area contributed by atoms with Gasteiger partial charge in [-0.25, -0.2) is 0 Å². The number of benzene rings is 2. The third-order valence-electron chi connectivity index (χ3n) is 4.02. The van der Waals surface area contributed by atoms with E-state index in [0.717, 1.165) is 16.6 Å². The maximum atomic E-state index is 12.3. The summed E-state index contributed by atoms with van der Waals surface area (Å²) in [6.07, 6.45) is 1.00. The van der Waals surface area contributed by atoms with Gasteiger partial charge >= 0.3 is 0 Å². The van der Waals surface area contributed by atoms with E-state index in [0.29, 0.717) is 0 Å². The van der Waals surface area contributed by atoms with E-state index in [1.165, 1.54) is 11.1 Å². The third-order valence-corrected chi connectivity index (χ3v) is 4.55. The SMILES string of the molecule is CCc1ccc(NC(=O)[C@@H](C)[NH2+][C@@H](C)c2ccc(Br)cc2)cc1. The topological polar surface area (TPSA) is 45.7 Å². The molecule has 2 aromatic carbocycles. The average molecular weight is 376 g/mol. The number of aryl methyl sites for hydroxylation is 1. The molecule has 1 amide bonds. The minimum atomic E-state index is -0.153. The number of halogens is 1. The first kappa shape index (κ1) is 17.7. The van der Waals surface area contributed by atoms with Gasteiger partial charge < -0.3 is 10.6 Å². The van der Waals surface area contributed by atoms with Gasteiger partial charge in [-0.1, -0.05) is 47.1 Å². The Kier molecular flexibility index (Phi) is 6.37. The van der Waals surface area contributed by atoms with Crippen molar-refractivity contribution in [1.82, 2.24) is 0 Å². The lowest BCUT2D eigenvalue weighted by Crippen LogP contribution is -2.91. The molecule has 0 bridgehead atoms. The highest BCUT2D eigenvalue weighted by molar-refractivity contribution is 9.10. The third kappa shape index (κ3) is 5.19. The van der Waals surface area contributed by atoms with Crippen molar-refractivity contribution in [3.8, 4) is 0 Å². The van der Waals surface area contributed by atoms with Crippen LogP contribution in [0.1, 0.15) is 37.9 Å². The summed E-state index contributed by atoms with van der Waals surface area (Å²) in [5, 5.41) is 5.06. The van der Waals surface area contributed by atoms with Gasteiger partial charge in [0.25, 0.3) is 5.91 Å². The lowest BCUT2D eigenvalue weighted by molar-refractivity contribution is -0.709. The fourth-order valence-corrected chi connectivity index (χ4v) is 2.74. The Bertz CT molecular complexity index is 637. The van der Waals surface area contributed by atoms with Gasteiger partial charge in [-0.15, -0.1) is 0 Å². The zero-order chi connectivity index (χ0) is 16.8. The maximum Gasteiger partial charge on any atom is 0.282 e. The van der Waals surface area contributed by atoms with Crippen LogP contribution in [-0.2, 0) is 11.2 Å². The largest absolute Gasteiger partial charge is 0.330 e. The normalized spacial score (nSPS) is 13.4. The average Bonchev–Trinajstić information content (AvgIpc) is 2.56. The molecule has 0 radical (unpaired) electrons. The summed E-state index contributed by atoms with van der Waals surface area (Å²) >= 11 is 3.44. The molecule has 2 aromatic rings. The molecule has 0 aliphatic heterocycles. The second kappa shape index (κ2) is 8.27. The van der Waals surface area contributed by atoms with Crippen LogP contribution in [0.5, 0.6) is 0 Å². The first-order valence-electron chi connectivity index (χ1n) is 8.00. The van der Waals surface area contributed by atoms with Crippen molar-refractivity contribution in [3.63, 3.8) is 0 Å². The number of carbonyl (C=O) groups excluding carboxylic acids is 1. The van der Waals surface area contributed by atoms with Gasteiger partial charge in [0.15, 0.2) is 6.04 Å². The van der Waals surface area contributed by atoms with Gasteiger partial charge in [-0.2, -0.15) is 0 Å². The Morgan fingerprint density at radius 1 is 1.09 bits per heavy atom. The molecule has 3 N–H and O–H groups in total. The zero-order valence-electron chi connectivity index (χ0n) is 13.8. The van der Waals surface area contributed by atoms with Crippen LogP contribution in [0.25, 0.3) is 0 Å². The zero-order valence-corrected chi connectivity index (χ0v) is 15.4. The van der Waals surface area contributed by atoms with Crippen molar-refractivity contribution in [3.05, 3.63) is 64.1 Å². The van der Waals surface area contributed by atoms with E-state index in [-0.39, 0.29) is 18.0 Å². The molecule has 0 saturated heterocycles. The highest BCUT2D eigenvalue weighted by Crippen LogP contribution is 2.14. The number of nitrogens with two attached hydrogens (primary N) is 1. The summed E-state index contributed by atoms with van der Waals surface area (Å²) in [6, 6.07) is 16.3. The van der Waals surface area contributed by atoms with Crippen molar-refractivity contribution < 1.29 is 10.1 Å². The van der Waals surface area contributed by atoms with E-state index in [4.69, 9.17) is 0 Å². The van der Waals surface area contributed by atoms with Crippen LogP contribution in [0.2, 0.25) is 0 Å². The molecule has 0 aliphatic carbocycles. The second-order valence-corrected chi connectivity index (χ2v) is 6.78. The second-order valence-electron chi connectivity index (χ2n) is 5.86. The van der Waals surface area contributed by atoms with Crippen molar-refractivity contribution >= 4 is 27.5 Å². The van der Waals surface area contributed by atoms with Gasteiger partial charge in [0.1, 0.15) is 6.04 Å². The molecule has 0 spiro atoms. The van der Waals surface area contributed by atoms with E-state index in [1.54, 1.807) is 0 Å². The minimum absolute atomic E-state index is 0.0261. The van der Waals surface area contributed by atoms with Crippen molar-refractivity contribution in [2.75, 3.05) is 5.32 Å². The Balaban J connectivity index is 1.92. The molecule has 23 heavy (non-hydrogen) atoms. The predicted molar refractivity (Wildman–Crippen MR) is 98.4 cm³/mol. The van der Waals surface area contributed by atoms with Gasteiger partial charge in [-0.3, -0.25) is 4.79 Å². The van der Waals surface area contributed by atoms with Crippen molar-refractivity contribution in [2.24, 2.45) is 0 Å². The number of amides is 1. The molecule has 4 heteroatoms. The van der Waals surface area contributed by atoms with Crippen LogP contribution >= 0.6 is 15.9 Å². The number of quaternary nitrogens is 1. The number of carbonyl (C=O) groups is 1. The van der Waals surface area contributed by atoms with Crippen molar-refractivity contribution in [1.29, 1.82) is 0 Å². The van der Waals surface area contributed by atoms with Crippen LogP contribution in [0, 0.1) is 0 Å². The van der Waals surface area contributed by atoms with Crippen LogP contribution in [0.15, 0.2) is 53.0 Å². The lowest BCUT2D eigenvalue weighted by Gasteiger charge is -2.17. The number of hydrogen-bond donors (Lipinski definition) is 2. The first-order chi connectivity index (χ1) is 11.0. The summed E-state index contributed by atoms with van der Waals surface area (Å²) in [5.74, 6) is 0.0261. The van der Waals surface area contributed by atoms with Crippen LogP contribution in [-0.4, -0.2) is 11.9 Å². The summed E-state index contributed by atoms with van der Waals surface area (Å²) in [6.45, 7) is 6.17. The van der Waals surface area contributed by atoms with E-state index in [2.05, 4.69) is 64.7 Å². The monoisotopic (exact) mass is 375 g/mol. The molecular weight excluding hydrogens is 352 g/mol. The molecule has 2 atom stereocenters. The van der Waals surface area contributed by atoms with Gasteiger partial charge in [-0.05, 0) is 50.1 Å². The van der Waals surface area contributed by atoms with Gasteiger partial charge in [0.05, 0.1) is 0 Å². The van der Waals surface area contributed by atoms with Crippen LogP contribution in [0.4, 0.5) is 5.69 Å². The van der Waals surface area contributed by atoms with E-state index >= 15 is 0 Å². The van der Waals surface area contributed by atoms with E-state index < -0.39 is 0 Å². The first-order valence-corrected chi connectivity index (χ1v) is 8.79. The lowest BCUT2D eigenvalue weighted by atomic mass is 10.1. The molecule has 0 unspecified atom stereocenters. The molecular formula is C19H24BrN2O+. The summed E-state index contributed by atoms with van der Waals surface area (Å²) < 4.78 is 1.06. The molecule has 3 nitrogen and oxygen atoms in total. The highest BCUT2D eigenvalue weighted by atomic mass is 79.9. The molecule has 0 saturated carbocycles. The van der Waals surface area contributed by atoms with Gasteiger partial charge in [0, 0.05) is 15.7 Å². The van der Waals surface area contributed by atoms with E-state index in [9.17, 15) is 4.79 Å². The summed E-state index contributed by atoms with van der Waals surface area (Å²) in [7, 11) is 0. The molecule has 0 aliphatic rings. The van der Waals surface area contributed by atoms with Crippen molar-refractivity contribution in [2.45, 2.75) is 39.3 Å². The Hall–Kier alpha value is -1.65. The van der Waals surface area contributed by atoms with Crippen LogP contribution < -0.4 is 10.6 Å². The number of anilines is 1. The van der Waals surface area contributed by atoms with Crippen LogP contribution in [0.3, 0.4) is 0 Å². The highest BCUT2D eigenvalue weighted by Gasteiger charge is 2.20. The fourth-order valence-electron chi connectivity index (χ4n) is 2.48. The summed E-state index contributed by atoms with van der Waals surface area (Å²) in [4.78, 5) is 12.3. The molecule has 2 rings (SSSR count). The number of nitrogens with one attached hydrogen (secondary N) is 1. The predicted octanol–water partition coefficient (Wildman–Crippen LogP) is 3.66. The summed E-state index contributed by atoms with van der Waals surface area (Å²) in [5.41, 5.74) is 3.33. The molecule has 0 heterocycles. The minimum Gasteiger partial charge on any atom is -0.330 e. The standard InChI is InChI=1S/C19H23BrN2O/c1-4-15-5-11-18(12-6-15)22-19(23)14(3)21-13(2)16-7-9-17(20)10-8-16/h5-14,21H,4H2,1-3H3,(H,22,23)/p+1/t13-,14+/m0/s1. The molecule has 0 fully saturated rings. The van der Waals surface area contributed by atoms with Gasteiger partial charge in [0.2, 0.25) is 0 Å². The quantitative estimate of drug-likeness (QED) is 0.794. The Labute approximate surface area is 146 Å². The Morgan fingerprint density at radius 2 is 1.70 bits per heavy atom. The molecule has 0 aromatic heterocycles. The number of rotatable bonds is 6. The fraction of sp³-hybridized carbons (Fsp3) is 0.316. The number of hydrogen-bond acceptors (Lipinski definition) is 1. The Morgan fingerprint density at radius 3 is 2.26 bits per heavy atom. The smallest absolute Gasteiger partial charge is 0.282 e. The van der Waals surface area contributed by atoms with E-state index in [1.807, 2.05) is 31.2 Å². The molecule has 122 valence electrons. The maximum absolute atomic E-state index is 12.3.